The summed E-state index contributed by atoms with van der Waals surface area (Å²) in [6.07, 6.45) is 1.75. The standard InChI is InChI=1S/C10H19N7/c1-8-7-12-10(14-11)13-9(8)15-17-5-3-16(2)4-6-17/h7H,3-6,11H2,1-2H3,(H2,12,13,14,15). The Balaban J connectivity index is 2.02. The second-order valence-electron chi connectivity index (χ2n) is 4.27. The topological polar surface area (TPSA) is 82.3 Å². The number of aromatic nitrogens is 2. The maximum Gasteiger partial charge on any atom is 0.239 e. The molecule has 1 aliphatic heterocycles. The number of hydrazine groups is 2. The quantitative estimate of drug-likeness (QED) is 0.489. The molecular weight excluding hydrogens is 218 g/mol. The van der Waals surface area contributed by atoms with Crippen molar-refractivity contribution < 1.29 is 0 Å². The van der Waals surface area contributed by atoms with Crippen molar-refractivity contribution in [3.63, 3.8) is 0 Å². The molecule has 7 nitrogen and oxygen atoms in total. The van der Waals surface area contributed by atoms with Crippen LogP contribution in [0.4, 0.5) is 11.8 Å². The molecule has 2 rings (SSSR count). The molecule has 0 aliphatic carbocycles. The monoisotopic (exact) mass is 237 g/mol. The first-order valence-electron chi connectivity index (χ1n) is 5.69. The second kappa shape index (κ2) is 5.26. The highest BCUT2D eigenvalue weighted by molar-refractivity contribution is 5.45. The average molecular weight is 237 g/mol. The van der Waals surface area contributed by atoms with Gasteiger partial charge in [0, 0.05) is 37.9 Å². The summed E-state index contributed by atoms with van der Waals surface area (Å²) in [7, 11) is 2.13. The fourth-order valence-corrected chi connectivity index (χ4v) is 1.69. The number of piperazine rings is 1. The second-order valence-corrected chi connectivity index (χ2v) is 4.27. The summed E-state index contributed by atoms with van der Waals surface area (Å²) in [6, 6.07) is 0. The lowest BCUT2D eigenvalue weighted by atomic mass is 10.3. The van der Waals surface area contributed by atoms with Gasteiger partial charge in [-0.15, -0.1) is 0 Å². The smallest absolute Gasteiger partial charge is 0.239 e. The number of nitrogens with two attached hydrogens (primary N) is 1. The van der Waals surface area contributed by atoms with Crippen LogP contribution in [0.2, 0.25) is 0 Å². The Labute approximate surface area is 101 Å². The lowest BCUT2D eigenvalue weighted by Gasteiger charge is -2.33. The van der Waals surface area contributed by atoms with Crippen LogP contribution in [0.5, 0.6) is 0 Å². The van der Waals surface area contributed by atoms with Gasteiger partial charge in [-0.3, -0.25) is 5.43 Å². The molecule has 7 heteroatoms. The van der Waals surface area contributed by atoms with Gasteiger partial charge >= 0.3 is 0 Å². The number of nitrogens with one attached hydrogen (secondary N) is 2. The summed E-state index contributed by atoms with van der Waals surface area (Å²) in [4.78, 5) is 10.6. The molecular formula is C10H19N7. The van der Waals surface area contributed by atoms with Gasteiger partial charge in [0.25, 0.3) is 0 Å². The van der Waals surface area contributed by atoms with Gasteiger partial charge in [0.05, 0.1) is 0 Å². The molecule has 0 atom stereocenters. The van der Waals surface area contributed by atoms with Crippen LogP contribution < -0.4 is 16.7 Å². The van der Waals surface area contributed by atoms with Gasteiger partial charge in [-0.2, -0.15) is 4.98 Å². The van der Waals surface area contributed by atoms with Crippen LogP contribution in [0.15, 0.2) is 6.20 Å². The number of hydrogen-bond acceptors (Lipinski definition) is 7. The van der Waals surface area contributed by atoms with Crippen molar-refractivity contribution in [2.45, 2.75) is 6.92 Å². The fourth-order valence-electron chi connectivity index (χ4n) is 1.69. The van der Waals surface area contributed by atoms with Crippen molar-refractivity contribution in [1.29, 1.82) is 0 Å². The Hall–Kier alpha value is -1.44. The largest absolute Gasteiger partial charge is 0.304 e. The van der Waals surface area contributed by atoms with Crippen molar-refractivity contribution in [2.75, 3.05) is 44.1 Å². The van der Waals surface area contributed by atoms with Crippen LogP contribution in [-0.2, 0) is 0 Å². The van der Waals surface area contributed by atoms with E-state index in [2.05, 4.69) is 37.8 Å². The van der Waals surface area contributed by atoms with E-state index in [-0.39, 0.29) is 0 Å². The molecule has 0 unspecified atom stereocenters. The minimum Gasteiger partial charge on any atom is -0.304 e. The van der Waals surface area contributed by atoms with E-state index in [1.807, 2.05) is 6.92 Å². The Bertz CT molecular complexity index is 373. The summed E-state index contributed by atoms with van der Waals surface area (Å²) in [5, 5.41) is 2.16. The predicted molar refractivity (Wildman–Crippen MR) is 67.3 cm³/mol. The van der Waals surface area contributed by atoms with Gasteiger partial charge in [0.1, 0.15) is 5.82 Å². The van der Waals surface area contributed by atoms with Crippen LogP contribution in [0.3, 0.4) is 0 Å². The highest BCUT2D eigenvalue weighted by atomic mass is 15.5. The number of anilines is 2. The Morgan fingerprint density at radius 3 is 2.65 bits per heavy atom. The molecule has 0 aromatic carbocycles. The van der Waals surface area contributed by atoms with E-state index >= 15 is 0 Å². The van der Waals surface area contributed by atoms with E-state index in [0.29, 0.717) is 5.95 Å². The number of likely N-dealkylation sites (N-methyl/N-ethyl adjacent to an activating group) is 1. The first-order chi connectivity index (χ1) is 8.19. The maximum atomic E-state index is 5.30. The third-order valence-corrected chi connectivity index (χ3v) is 2.87. The molecule has 1 aromatic heterocycles. The van der Waals surface area contributed by atoms with Gasteiger partial charge in [0.15, 0.2) is 0 Å². The van der Waals surface area contributed by atoms with Gasteiger partial charge in [-0.05, 0) is 14.0 Å². The molecule has 0 spiro atoms. The summed E-state index contributed by atoms with van der Waals surface area (Å²) >= 11 is 0. The van der Waals surface area contributed by atoms with Gasteiger partial charge < -0.3 is 10.3 Å². The molecule has 17 heavy (non-hydrogen) atoms. The van der Waals surface area contributed by atoms with Crippen molar-refractivity contribution >= 4 is 11.8 Å². The zero-order chi connectivity index (χ0) is 12.3. The van der Waals surface area contributed by atoms with Crippen LogP contribution in [0.25, 0.3) is 0 Å². The van der Waals surface area contributed by atoms with Crippen LogP contribution >= 0.6 is 0 Å². The van der Waals surface area contributed by atoms with E-state index in [1.165, 1.54) is 0 Å². The van der Waals surface area contributed by atoms with E-state index < -0.39 is 0 Å². The van der Waals surface area contributed by atoms with E-state index in [1.54, 1.807) is 6.20 Å². The minimum absolute atomic E-state index is 0.423. The van der Waals surface area contributed by atoms with Crippen molar-refractivity contribution in [1.82, 2.24) is 19.9 Å². The minimum atomic E-state index is 0.423. The maximum absolute atomic E-state index is 5.30. The summed E-state index contributed by atoms with van der Waals surface area (Å²) in [6.45, 7) is 6.04. The summed E-state index contributed by atoms with van der Waals surface area (Å²) < 4.78 is 0. The zero-order valence-corrected chi connectivity index (χ0v) is 10.3. The zero-order valence-electron chi connectivity index (χ0n) is 10.3. The van der Waals surface area contributed by atoms with E-state index in [0.717, 1.165) is 37.6 Å². The molecule has 94 valence electrons. The van der Waals surface area contributed by atoms with Crippen molar-refractivity contribution in [3.05, 3.63) is 11.8 Å². The molecule has 0 radical (unpaired) electrons. The number of hydrogen-bond donors (Lipinski definition) is 3. The van der Waals surface area contributed by atoms with Crippen molar-refractivity contribution in [3.8, 4) is 0 Å². The van der Waals surface area contributed by atoms with Gasteiger partial charge in [0.2, 0.25) is 5.95 Å². The third kappa shape index (κ3) is 3.02. The Morgan fingerprint density at radius 2 is 2.00 bits per heavy atom. The first-order valence-corrected chi connectivity index (χ1v) is 5.69. The van der Waals surface area contributed by atoms with Gasteiger partial charge in [-0.1, -0.05) is 0 Å². The Morgan fingerprint density at radius 1 is 1.29 bits per heavy atom. The lowest BCUT2D eigenvalue weighted by molar-refractivity contribution is 0.178. The number of rotatable bonds is 3. The molecule has 0 saturated carbocycles. The molecule has 1 aromatic rings. The Kier molecular flexibility index (Phi) is 3.72. The van der Waals surface area contributed by atoms with Crippen LogP contribution in [0.1, 0.15) is 5.56 Å². The van der Waals surface area contributed by atoms with Crippen LogP contribution in [0, 0.1) is 6.92 Å². The highest BCUT2D eigenvalue weighted by Gasteiger charge is 2.14. The van der Waals surface area contributed by atoms with E-state index in [9.17, 15) is 0 Å². The molecule has 4 N–H and O–H groups in total. The third-order valence-electron chi connectivity index (χ3n) is 2.87. The van der Waals surface area contributed by atoms with E-state index in [4.69, 9.17) is 5.84 Å². The molecule has 0 amide bonds. The molecule has 1 aliphatic rings. The molecule has 1 fully saturated rings. The van der Waals surface area contributed by atoms with Crippen molar-refractivity contribution in [2.24, 2.45) is 5.84 Å². The molecule has 1 saturated heterocycles. The first kappa shape index (κ1) is 12.0. The summed E-state index contributed by atoms with van der Waals surface area (Å²) in [5.74, 6) is 6.52. The average Bonchev–Trinajstić information content (AvgIpc) is 2.35. The lowest BCUT2D eigenvalue weighted by Crippen LogP contribution is -2.47. The normalized spacial score (nSPS) is 18.1. The predicted octanol–water partition coefficient (Wildman–Crippen LogP) is -0.355. The van der Waals surface area contributed by atoms with Gasteiger partial charge in [-0.25, -0.2) is 15.8 Å². The highest BCUT2D eigenvalue weighted by Crippen LogP contribution is 2.13. The number of nitrogen functional groups attached to an aromatic ring is 1. The fraction of sp³-hybridized carbons (Fsp3) is 0.600. The molecule has 2 heterocycles. The van der Waals surface area contributed by atoms with Crippen LogP contribution in [-0.4, -0.2) is 53.1 Å². The summed E-state index contributed by atoms with van der Waals surface area (Å²) in [5.41, 5.74) is 6.76. The number of aryl methyl sites for hydroxylation is 1. The molecule has 0 bridgehead atoms. The SMILES string of the molecule is Cc1cnc(NN)nc1NN1CCN(C)CC1. The number of nitrogens with zero attached hydrogens (tertiary/aromatic N) is 4.